The van der Waals surface area contributed by atoms with Gasteiger partial charge in [-0.3, -0.25) is 4.79 Å². The van der Waals surface area contributed by atoms with Crippen molar-refractivity contribution in [3.63, 3.8) is 0 Å². The molecule has 0 saturated heterocycles. The minimum absolute atomic E-state index is 0.104. The lowest BCUT2D eigenvalue weighted by Gasteiger charge is -2.36. The van der Waals surface area contributed by atoms with E-state index in [1.54, 1.807) is 66.7 Å². The second kappa shape index (κ2) is 12.0. The largest absolute Gasteiger partial charge is 0.573 e. The SMILES string of the molecule is Cc1ccc(C(=O)NCC(Cc2ccccc2)(c2cccc(OC(F)(F)F)c2)c2cccc(OC(F)(F)F)c2)cc1. The highest BCUT2D eigenvalue weighted by Crippen LogP contribution is 2.40. The molecule has 0 aliphatic rings. The number of nitrogens with one attached hydrogen (secondary N) is 1. The summed E-state index contributed by atoms with van der Waals surface area (Å²) < 4.78 is 87.0. The van der Waals surface area contributed by atoms with E-state index in [1.165, 1.54) is 24.3 Å². The molecule has 4 aromatic rings. The van der Waals surface area contributed by atoms with Gasteiger partial charge in [0, 0.05) is 17.5 Å². The Bertz CT molecular complexity index is 1410. The Morgan fingerprint density at radius 1 is 0.683 bits per heavy atom. The van der Waals surface area contributed by atoms with Gasteiger partial charge in [0.15, 0.2) is 0 Å². The number of hydrogen-bond acceptors (Lipinski definition) is 3. The lowest BCUT2D eigenvalue weighted by molar-refractivity contribution is -0.275. The van der Waals surface area contributed by atoms with E-state index in [4.69, 9.17) is 0 Å². The van der Waals surface area contributed by atoms with Crippen LogP contribution in [-0.4, -0.2) is 25.2 Å². The maximum atomic E-state index is 13.2. The summed E-state index contributed by atoms with van der Waals surface area (Å²) >= 11 is 0. The lowest BCUT2D eigenvalue weighted by Crippen LogP contribution is -2.43. The van der Waals surface area contributed by atoms with Crippen molar-refractivity contribution < 1.29 is 40.6 Å². The van der Waals surface area contributed by atoms with E-state index in [-0.39, 0.29) is 24.1 Å². The molecule has 4 rings (SSSR count). The number of halogens is 6. The zero-order valence-electron chi connectivity index (χ0n) is 21.7. The van der Waals surface area contributed by atoms with Gasteiger partial charge in [-0.1, -0.05) is 72.3 Å². The third-order valence-electron chi connectivity index (χ3n) is 6.45. The monoisotopic (exact) mass is 573 g/mol. The van der Waals surface area contributed by atoms with Crippen molar-refractivity contribution in [3.05, 3.63) is 131 Å². The molecule has 0 spiro atoms. The topological polar surface area (TPSA) is 47.6 Å². The molecule has 41 heavy (non-hydrogen) atoms. The van der Waals surface area contributed by atoms with Crippen LogP contribution >= 0.6 is 0 Å². The number of hydrogen-bond donors (Lipinski definition) is 1. The minimum atomic E-state index is -4.97. The summed E-state index contributed by atoms with van der Waals surface area (Å²) in [7, 11) is 0. The predicted molar refractivity (Wildman–Crippen MR) is 141 cm³/mol. The maximum absolute atomic E-state index is 13.2. The molecule has 0 aliphatic carbocycles. The van der Waals surface area contributed by atoms with E-state index >= 15 is 0 Å². The van der Waals surface area contributed by atoms with Gasteiger partial charge in [-0.05, 0) is 66.4 Å². The number of alkyl halides is 6. The number of rotatable bonds is 9. The molecular formula is C31H25F6NO3. The Morgan fingerprint density at radius 3 is 1.68 bits per heavy atom. The summed E-state index contributed by atoms with van der Waals surface area (Å²) in [6, 6.07) is 26.0. The summed E-state index contributed by atoms with van der Waals surface area (Å²) in [6.07, 6.45) is -9.84. The maximum Gasteiger partial charge on any atom is 0.573 e. The summed E-state index contributed by atoms with van der Waals surface area (Å²) in [5.41, 5.74) is 1.20. The molecule has 1 amide bonds. The zero-order valence-corrected chi connectivity index (χ0v) is 21.7. The van der Waals surface area contributed by atoms with Crippen molar-refractivity contribution in [1.82, 2.24) is 5.32 Å². The molecule has 0 bridgehead atoms. The van der Waals surface area contributed by atoms with Crippen molar-refractivity contribution >= 4 is 5.91 Å². The quantitative estimate of drug-likeness (QED) is 0.208. The van der Waals surface area contributed by atoms with Gasteiger partial charge in [0.25, 0.3) is 5.91 Å². The van der Waals surface area contributed by atoms with Crippen LogP contribution in [0.25, 0.3) is 0 Å². The van der Waals surface area contributed by atoms with E-state index in [2.05, 4.69) is 14.8 Å². The van der Waals surface area contributed by atoms with Crippen LogP contribution in [0.4, 0.5) is 26.3 Å². The molecule has 0 radical (unpaired) electrons. The first kappa shape index (κ1) is 29.5. The Kier molecular flexibility index (Phi) is 8.60. The second-order valence-electron chi connectivity index (χ2n) is 9.44. The second-order valence-corrected chi connectivity index (χ2v) is 9.44. The van der Waals surface area contributed by atoms with Crippen molar-refractivity contribution in [1.29, 1.82) is 0 Å². The molecule has 0 unspecified atom stereocenters. The first-order chi connectivity index (χ1) is 19.3. The highest BCUT2D eigenvalue weighted by atomic mass is 19.4. The third-order valence-corrected chi connectivity index (χ3v) is 6.45. The molecule has 0 heterocycles. The van der Waals surface area contributed by atoms with Gasteiger partial charge in [0.1, 0.15) is 11.5 Å². The first-order valence-electron chi connectivity index (χ1n) is 12.4. The van der Waals surface area contributed by atoms with Gasteiger partial charge < -0.3 is 14.8 Å². The molecule has 4 nitrogen and oxygen atoms in total. The fourth-order valence-corrected chi connectivity index (χ4v) is 4.60. The number of benzene rings is 4. The molecular weight excluding hydrogens is 548 g/mol. The highest BCUT2D eigenvalue weighted by molar-refractivity contribution is 5.94. The molecule has 1 N–H and O–H groups in total. The average Bonchev–Trinajstić information content (AvgIpc) is 2.90. The average molecular weight is 574 g/mol. The van der Waals surface area contributed by atoms with E-state index in [0.717, 1.165) is 23.3 Å². The molecule has 0 aromatic heterocycles. The summed E-state index contributed by atoms with van der Waals surface area (Å²) in [4.78, 5) is 13.2. The zero-order chi connectivity index (χ0) is 29.7. The normalized spacial score (nSPS) is 12.1. The number of amides is 1. The number of aryl methyl sites for hydroxylation is 1. The first-order valence-corrected chi connectivity index (χ1v) is 12.4. The standard InChI is InChI=1S/C31H25F6NO3/c1-21-13-15-23(16-14-21)28(39)38-20-29(19-22-7-3-2-4-8-22,24-9-5-11-26(17-24)40-30(32,33)34)25-10-6-12-27(18-25)41-31(35,36)37/h2-18H,19-20H2,1H3,(H,38,39). The van der Waals surface area contributed by atoms with Crippen molar-refractivity contribution in [3.8, 4) is 11.5 Å². The van der Waals surface area contributed by atoms with Crippen LogP contribution in [0.2, 0.25) is 0 Å². The van der Waals surface area contributed by atoms with E-state index in [1.807, 2.05) is 6.92 Å². The third kappa shape index (κ3) is 8.03. The molecule has 0 aliphatic heterocycles. The number of carbonyl (C=O) groups excluding carboxylic acids is 1. The van der Waals surface area contributed by atoms with Gasteiger partial charge in [-0.15, -0.1) is 26.3 Å². The van der Waals surface area contributed by atoms with Crippen LogP contribution < -0.4 is 14.8 Å². The predicted octanol–water partition coefficient (Wildman–Crippen LogP) is 7.75. The van der Waals surface area contributed by atoms with Gasteiger partial charge in [0.05, 0.1) is 0 Å². The van der Waals surface area contributed by atoms with E-state index < -0.39 is 35.5 Å². The Hall–Kier alpha value is -4.47. The minimum Gasteiger partial charge on any atom is -0.406 e. The fourth-order valence-electron chi connectivity index (χ4n) is 4.60. The van der Waals surface area contributed by atoms with Gasteiger partial charge in [0.2, 0.25) is 0 Å². The van der Waals surface area contributed by atoms with Gasteiger partial charge in [-0.25, -0.2) is 0 Å². The van der Waals surface area contributed by atoms with Crippen molar-refractivity contribution in [2.75, 3.05) is 6.54 Å². The van der Waals surface area contributed by atoms with Crippen LogP contribution in [0.1, 0.15) is 32.6 Å². The van der Waals surface area contributed by atoms with Crippen molar-refractivity contribution in [2.45, 2.75) is 31.5 Å². The van der Waals surface area contributed by atoms with Crippen LogP contribution in [0.3, 0.4) is 0 Å². The number of ether oxygens (including phenoxy) is 2. The van der Waals surface area contributed by atoms with E-state index in [0.29, 0.717) is 5.56 Å². The van der Waals surface area contributed by atoms with Gasteiger partial charge >= 0.3 is 12.7 Å². The fraction of sp³-hybridized carbons (Fsp3) is 0.194. The van der Waals surface area contributed by atoms with Crippen molar-refractivity contribution in [2.24, 2.45) is 0 Å². The number of carbonyl (C=O) groups is 1. The molecule has 0 atom stereocenters. The Morgan fingerprint density at radius 2 is 1.20 bits per heavy atom. The highest BCUT2D eigenvalue weighted by Gasteiger charge is 2.38. The summed E-state index contributed by atoms with van der Waals surface area (Å²) in [5, 5.41) is 2.85. The summed E-state index contributed by atoms with van der Waals surface area (Å²) in [6.45, 7) is 1.68. The van der Waals surface area contributed by atoms with Gasteiger partial charge in [-0.2, -0.15) is 0 Å². The Balaban J connectivity index is 1.87. The smallest absolute Gasteiger partial charge is 0.406 e. The van der Waals surface area contributed by atoms with E-state index in [9.17, 15) is 31.1 Å². The van der Waals surface area contributed by atoms with Crippen LogP contribution in [0.5, 0.6) is 11.5 Å². The van der Waals surface area contributed by atoms with Crippen LogP contribution in [0, 0.1) is 6.92 Å². The van der Waals surface area contributed by atoms with Crippen LogP contribution in [-0.2, 0) is 11.8 Å². The molecule has 214 valence electrons. The molecule has 0 saturated carbocycles. The molecule has 4 aromatic carbocycles. The Labute approximate surface area is 232 Å². The van der Waals surface area contributed by atoms with Crippen LogP contribution in [0.15, 0.2) is 103 Å². The summed E-state index contributed by atoms with van der Waals surface area (Å²) in [5.74, 6) is -1.49. The lowest BCUT2D eigenvalue weighted by atomic mass is 9.70. The molecule has 0 fully saturated rings. The molecule has 10 heteroatoms.